The van der Waals surface area contributed by atoms with Gasteiger partial charge in [0.2, 0.25) is 0 Å². The van der Waals surface area contributed by atoms with Gasteiger partial charge in [-0.05, 0) is 55.8 Å². The van der Waals surface area contributed by atoms with Crippen molar-refractivity contribution in [3.63, 3.8) is 0 Å². The number of anilines is 1. The average Bonchev–Trinajstić information content (AvgIpc) is 2.73. The van der Waals surface area contributed by atoms with Gasteiger partial charge in [0.1, 0.15) is 12.4 Å². The molecule has 7 heteroatoms. The van der Waals surface area contributed by atoms with Crippen molar-refractivity contribution in [2.24, 2.45) is 0 Å². The molecular formula is C23H24N2O4S. The minimum Gasteiger partial charge on any atom is -0.492 e. The zero-order valence-corrected chi connectivity index (χ0v) is 17.7. The number of hydrogen-bond acceptors (Lipinski definition) is 4. The van der Waals surface area contributed by atoms with Gasteiger partial charge in [-0.2, -0.15) is 0 Å². The predicted octanol–water partition coefficient (Wildman–Crippen LogP) is 3.91. The molecule has 3 rings (SSSR count). The SMILES string of the molecule is Cc1ccc(S(=O)(=O)Nc2cccc(C(=O)NCCOc3ccccc3)c2C)cc1. The number of carbonyl (C=O) groups is 1. The van der Waals surface area contributed by atoms with Crippen LogP contribution >= 0.6 is 0 Å². The Hall–Kier alpha value is -3.32. The molecule has 0 aliphatic rings. The molecule has 3 aromatic rings. The van der Waals surface area contributed by atoms with Crippen LogP contribution < -0.4 is 14.8 Å². The van der Waals surface area contributed by atoms with E-state index in [0.29, 0.717) is 30.0 Å². The van der Waals surface area contributed by atoms with Crippen molar-refractivity contribution in [3.05, 3.63) is 89.5 Å². The summed E-state index contributed by atoms with van der Waals surface area (Å²) < 4.78 is 33.5. The van der Waals surface area contributed by atoms with Crippen molar-refractivity contribution in [2.75, 3.05) is 17.9 Å². The lowest BCUT2D eigenvalue weighted by atomic mass is 10.1. The first-order chi connectivity index (χ1) is 14.4. The third-order valence-corrected chi connectivity index (χ3v) is 5.93. The molecule has 0 aliphatic carbocycles. The highest BCUT2D eigenvalue weighted by Crippen LogP contribution is 2.23. The summed E-state index contributed by atoms with van der Waals surface area (Å²) in [5.41, 5.74) is 2.29. The van der Waals surface area contributed by atoms with Crippen LogP contribution in [-0.4, -0.2) is 27.5 Å². The highest BCUT2D eigenvalue weighted by Gasteiger charge is 2.18. The molecule has 3 aromatic carbocycles. The molecule has 6 nitrogen and oxygen atoms in total. The molecule has 0 radical (unpaired) electrons. The van der Waals surface area contributed by atoms with Gasteiger partial charge in [0.05, 0.1) is 17.1 Å². The van der Waals surface area contributed by atoms with Crippen LogP contribution in [0.15, 0.2) is 77.7 Å². The number of para-hydroxylation sites is 1. The van der Waals surface area contributed by atoms with Gasteiger partial charge >= 0.3 is 0 Å². The number of rotatable bonds is 8. The summed E-state index contributed by atoms with van der Waals surface area (Å²) in [7, 11) is -3.75. The van der Waals surface area contributed by atoms with Gasteiger partial charge in [-0.15, -0.1) is 0 Å². The van der Waals surface area contributed by atoms with E-state index in [1.807, 2.05) is 37.3 Å². The number of hydrogen-bond donors (Lipinski definition) is 2. The van der Waals surface area contributed by atoms with Crippen LogP contribution in [0.4, 0.5) is 5.69 Å². The second-order valence-corrected chi connectivity index (χ2v) is 8.50. The third-order valence-electron chi connectivity index (χ3n) is 4.55. The van der Waals surface area contributed by atoms with Crippen LogP contribution in [0.5, 0.6) is 5.75 Å². The fourth-order valence-electron chi connectivity index (χ4n) is 2.86. The molecule has 156 valence electrons. The van der Waals surface area contributed by atoms with Gasteiger partial charge in [-0.1, -0.05) is 42.0 Å². The average molecular weight is 425 g/mol. The number of benzene rings is 3. The molecule has 0 saturated heterocycles. The van der Waals surface area contributed by atoms with E-state index in [0.717, 1.165) is 11.3 Å². The van der Waals surface area contributed by atoms with E-state index in [1.165, 1.54) is 0 Å². The smallest absolute Gasteiger partial charge is 0.261 e. The van der Waals surface area contributed by atoms with Crippen molar-refractivity contribution in [2.45, 2.75) is 18.7 Å². The highest BCUT2D eigenvalue weighted by molar-refractivity contribution is 7.92. The summed E-state index contributed by atoms with van der Waals surface area (Å²) in [4.78, 5) is 12.7. The maximum atomic E-state index is 12.7. The Morgan fingerprint density at radius 3 is 2.30 bits per heavy atom. The van der Waals surface area contributed by atoms with Crippen LogP contribution in [0.2, 0.25) is 0 Å². The topological polar surface area (TPSA) is 84.5 Å². The molecule has 30 heavy (non-hydrogen) atoms. The summed E-state index contributed by atoms with van der Waals surface area (Å²) >= 11 is 0. The zero-order valence-electron chi connectivity index (χ0n) is 16.9. The summed E-state index contributed by atoms with van der Waals surface area (Å²) in [6, 6.07) is 20.9. The lowest BCUT2D eigenvalue weighted by Crippen LogP contribution is -2.29. The molecule has 0 aromatic heterocycles. The Balaban J connectivity index is 1.65. The van der Waals surface area contributed by atoms with Crippen LogP contribution in [0, 0.1) is 13.8 Å². The van der Waals surface area contributed by atoms with E-state index >= 15 is 0 Å². The van der Waals surface area contributed by atoms with E-state index in [2.05, 4.69) is 10.0 Å². The summed E-state index contributed by atoms with van der Waals surface area (Å²) in [6.07, 6.45) is 0. The maximum absolute atomic E-state index is 12.7. The quantitative estimate of drug-likeness (QED) is 0.537. The van der Waals surface area contributed by atoms with Crippen molar-refractivity contribution in [3.8, 4) is 5.75 Å². The lowest BCUT2D eigenvalue weighted by Gasteiger charge is -2.14. The molecule has 0 spiro atoms. The number of aryl methyl sites for hydroxylation is 1. The van der Waals surface area contributed by atoms with Gasteiger partial charge < -0.3 is 10.1 Å². The molecule has 0 unspecified atom stereocenters. The largest absolute Gasteiger partial charge is 0.492 e. The molecule has 0 saturated carbocycles. The number of carbonyl (C=O) groups excluding carboxylic acids is 1. The Bertz CT molecular complexity index is 1110. The highest BCUT2D eigenvalue weighted by atomic mass is 32.2. The molecule has 0 heterocycles. The molecule has 0 fully saturated rings. The first kappa shape index (κ1) is 21.4. The fourth-order valence-corrected chi connectivity index (χ4v) is 3.98. The predicted molar refractivity (Wildman–Crippen MR) is 117 cm³/mol. The van der Waals surface area contributed by atoms with E-state index in [9.17, 15) is 13.2 Å². The minimum absolute atomic E-state index is 0.167. The molecule has 0 atom stereocenters. The van der Waals surface area contributed by atoms with E-state index in [4.69, 9.17) is 4.74 Å². The van der Waals surface area contributed by atoms with Crippen molar-refractivity contribution in [1.82, 2.24) is 5.32 Å². The fraction of sp³-hybridized carbons (Fsp3) is 0.174. The second kappa shape index (κ2) is 9.45. The molecule has 0 bridgehead atoms. The minimum atomic E-state index is -3.75. The Morgan fingerprint density at radius 1 is 0.900 bits per heavy atom. The molecule has 0 aliphatic heterocycles. The number of amides is 1. The molecule has 1 amide bonds. The van der Waals surface area contributed by atoms with Gasteiger partial charge in [0.15, 0.2) is 0 Å². The van der Waals surface area contributed by atoms with E-state index in [-0.39, 0.29) is 10.8 Å². The van der Waals surface area contributed by atoms with E-state index in [1.54, 1.807) is 49.4 Å². The number of sulfonamides is 1. The van der Waals surface area contributed by atoms with Crippen LogP contribution in [0.25, 0.3) is 0 Å². The van der Waals surface area contributed by atoms with Crippen LogP contribution in [-0.2, 0) is 10.0 Å². The number of ether oxygens (including phenoxy) is 1. The lowest BCUT2D eigenvalue weighted by molar-refractivity contribution is 0.0946. The van der Waals surface area contributed by atoms with Crippen LogP contribution in [0.3, 0.4) is 0 Å². The van der Waals surface area contributed by atoms with Crippen molar-refractivity contribution in [1.29, 1.82) is 0 Å². The normalized spacial score (nSPS) is 11.0. The van der Waals surface area contributed by atoms with Crippen LogP contribution in [0.1, 0.15) is 21.5 Å². The number of nitrogens with one attached hydrogen (secondary N) is 2. The first-order valence-electron chi connectivity index (χ1n) is 9.52. The van der Waals surface area contributed by atoms with Crippen molar-refractivity contribution < 1.29 is 17.9 Å². The molecule has 2 N–H and O–H groups in total. The van der Waals surface area contributed by atoms with Gasteiger partial charge in [0, 0.05) is 5.56 Å². The van der Waals surface area contributed by atoms with E-state index < -0.39 is 10.0 Å². The van der Waals surface area contributed by atoms with Crippen molar-refractivity contribution >= 4 is 21.6 Å². The van der Waals surface area contributed by atoms with Gasteiger partial charge in [-0.3, -0.25) is 9.52 Å². The maximum Gasteiger partial charge on any atom is 0.261 e. The summed E-state index contributed by atoms with van der Waals surface area (Å²) in [5, 5.41) is 2.80. The Kier molecular flexibility index (Phi) is 6.74. The summed E-state index contributed by atoms with van der Waals surface area (Å²) in [5.74, 6) is 0.441. The molecular weight excluding hydrogens is 400 g/mol. The van der Waals surface area contributed by atoms with Gasteiger partial charge in [-0.25, -0.2) is 8.42 Å². The third kappa shape index (κ3) is 5.39. The second-order valence-electron chi connectivity index (χ2n) is 6.81. The first-order valence-corrected chi connectivity index (χ1v) is 11.0. The summed E-state index contributed by atoms with van der Waals surface area (Å²) in [6.45, 7) is 4.25. The zero-order chi connectivity index (χ0) is 21.6. The Morgan fingerprint density at radius 2 is 1.60 bits per heavy atom. The monoisotopic (exact) mass is 424 g/mol. The van der Waals surface area contributed by atoms with Gasteiger partial charge in [0.25, 0.3) is 15.9 Å². The standard InChI is InChI=1S/C23H24N2O4S/c1-17-11-13-20(14-12-17)30(27,28)25-22-10-6-9-21(18(22)2)23(26)24-15-16-29-19-7-4-3-5-8-19/h3-14,25H,15-16H2,1-2H3,(H,24,26). The Labute approximate surface area is 177 Å².